The first-order valence-corrected chi connectivity index (χ1v) is 9.43. The van der Waals surface area contributed by atoms with Crippen LogP contribution in [0.5, 0.6) is 5.75 Å². The van der Waals surface area contributed by atoms with Crippen LogP contribution in [-0.2, 0) is 9.59 Å². The molecule has 6 heteroatoms. The SMILES string of the molecule is CC(=O)N1CCC(NC(=O)COc2ccc(-c3ccccc3)cc2Cl)CC1. The lowest BCUT2D eigenvalue weighted by Crippen LogP contribution is -2.47. The summed E-state index contributed by atoms with van der Waals surface area (Å²) in [5, 5.41) is 3.43. The fourth-order valence-electron chi connectivity index (χ4n) is 3.18. The normalized spacial score (nSPS) is 14.7. The van der Waals surface area contributed by atoms with Crippen LogP contribution in [0.2, 0.25) is 5.02 Å². The smallest absolute Gasteiger partial charge is 0.258 e. The van der Waals surface area contributed by atoms with E-state index in [0.29, 0.717) is 23.9 Å². The van der Waals surface area contributed by atoms with Gasteiger partial charge in [0.2, 0.25) is 5.91 Å². The number of piperidine rings is 1. The van der Waals surface area contributed by atoms with E-state index in [2.05, 4.69) is 5.32 Å². The van der Waals surface area contributed by atoms with Crippen molar-refractivity contribution in [3.63, 3.8) is 0 Å². The van der Waals surface area contributed by atoms with Crippen LogP contribution in [0.4, 0.5) is 0 Å². The number of hydrogen-bond acceptors (Lipinski definition) is 3. The van der Waals surface area contributed by atoms with E-state index < -0.39 is 0 Å². The van der Waals surface area contributed by atoms with Gasteiger partial charge < -0.3 is 15.0 Å². The highest BCUT2D eigenvalue weighted by atomic mass is 35.5. The van der Waals surface area contributed by atoms with Gasteiger partial charge in [0.05, 0.1) is 5.02 Å². The van der Waals surface area contributed by atoms with Crippen LogP contribution in [0.1, 0.15) is 19.8 Å². The number of benzene rings is 2. The van der Waals surface area contributed by atoms with E-state index in [1.165, 1.54) is 0 Å². The molecule has 1 aliphatic rings. The van der Waals surface area contributed by atoms with Gasteiger partial charge in [-0.3, -0.25) is 9.59 Å². The van der Waals surface area contributed by atoms with Crippen molar-refractivity contribution < 1.29 is 14.3 Å². The molecule has 0 atom stereocenters. The molecule has 0 aromatic heterocycles. The Balaban J connectivity index is 1.50. The van der Waals surface area contributed by atoms with Crippen molar-refractivity contribution in [2.45, 2.75) is 25.8 Å². The van der Waals surface area contributed by atoms with E-state index in [-0.39, 0.29) is 24.5 Å². The molecule has 0 spiro atoms. The Bertz CT molecular complexity index is 802. The predicted molar refractivity (Wildman–Crippen MR) is 106 cm³/mol. The van der Waals surface area contributed by atoms with Gasteiger partial charge in [-0.05, 0) is 36.1 Å². The lowest BCUT2D eigenvalue weighted by molar-refractivity contribution is -0.130. The van der Waals surface area contributed by atoms with Crippen LogP contribution in [0, 0.1) is 0 Å². The van der Waals surface area contributed by atoms with Crippen molar-refractivity contribution in [3.05, 3.63) is 53.6 Å². The first-order valence-electron chi connectivity index (χ1n) is 9.05. The molecular weight excluding hydrogens is 364 g/mol. The monoisotopic (exact) mass is 386 g/mol. The highest BCUT2D eigenvalue weighted by Gasteiger charge is 2.22. The molecule has 1 fully saturated rings. The maximum absolute atomic E-state index is 12.1. The minimum Gasteiger partial charge on any atom is -0.482 e. The van der Waals surface area contributed by atoms with E-state index in [1.54, 1.807) is 17.9 Å². The molecule has 142 valence electrons. The second-order valence-corrected chi connectivity index (χ2v) is 7.05. The van der Waals surface area contributed by atoms with Crippen molar-refractivity contribution in [1.82, 2.24) is 10.2 Å². The number of halogens is 1. The third kappa shape index (κ3) is 5.23. The Morgan fingerprint density at radius 1 is 1.11 bits per heavy atom. The molecule has 2 aromatic carbocycles. The van der Waals surface area contributed by atoms with E-state index in [9.17, 15) is 9.59 Å². The van der Waals surface area contributed by atoms with Crippen LogP contribution in [0.25, 0.3) is 11.1 Å². The molecular formula is C21H23ClN2O3. The van der Waals surface area contributed by atoms with Gasteiger partial charge in [-0.1, -0.05) is 48.0 Å². The maximum Gasteiger partial charge on any atom is 0.258 e. The summed E-state index contributed by atoms with van der Waals surface area (Å²) in [4.78, 5) is 25.3. The maximum atomic E-state index is 12.1. The third-order valence-electron chi connectivity index (χ3n) is 4.70. The van der Waals surface area contributed by atoms with E-state index in [0.717, 1.165) is 24.0 Å². The van der Waals surface area contributed by atoms with Crippen LogP contribution in [-0.4, -0.2) is 42.5 Å². The van der Waals surface area contributed by atoms with Crippen LogP contribution >= 0.6 is 11.6 Å². The lowest BCUT2D eigenvalue weighted by atomic mass is 10.1. The number of ether oxygens (including phenoxy) is 1. The molecule has 2 amide bonds. The summed E-state index contributed by atoms with van der Waals surface area (Å²) >= 11 is 6.31. The predicted octanol–water partition coefficient (Wildman–Crippen LogP) is 3.51. The first kappa shape index (κ1) is 19.2. The third-order valence-corrected chi connectivity index (χ3v) is 5.00. The highest BCUT2D eigenvalue weighted by Crippen LogP contribution is 2.30. The highest BCUT2D eigenvalue weighted by molar-refractivity contribution is 6.32. The van der Waals surface area contributed by atoms with Gasteiger partial charge >= 0.3 is 0 Å². The van der Waals surface area contributed by atoms with E-state index in [1.807, 2.05) is 42.5 Å². The Kier molecular flexibility index (Phi) is 6.35. The van der Waals surface area contributed by atoms with Gasteiger partial charge in [0.15, 0.2) is 6.61 Å². The number of amides is 2. The van der Waals surface area contributed by atoms with Crippen LogP contribution in [0.15, 0.2) is 48.5 Å². The molecule has 27 heavy (non-hydrogen) atoms. The molecule has 2 aromatic rings. The van der Waals surface area contributed by atoms with Crippen molar-refractivity contribution in [1.29, 1.82) is 0 Å². The summed E-state index contributed by atoms with van der Waals surface area (Å²) in [7, 11) is 0. The van der Waals surface area contributed by atoms with Crippen molar-refractivity contribution in [2.75, 3.05) is 19.7 Å². The Morgan fingerprint density at radius 2 is 1.81 bits per heavy atom. The zero-order valence-corrected chi connectivity index (χ0v) is 16.0. The molecule has 0 radical (unpaired) electrons. The van der Waals surface area contributed by atoms with Crippen LogP contribution in [0.3, 0.4) is 0 Å². The molecule has 1 saturated heterocycles. The summed E-state index contributed by atoms with van der Waals surface area (Å²) in [5.74, 6) is 0.383. The number of rotatable bonds is 5. The summed E-state index contributed by atoms with van der Waals surface area (Å²) in [5.41, 5.74) is 2.07. The van der Waals surface area contributed by atoms with Gasteiger partial charge in [0.1, 0.15) is 5.75 Å². The minimum atomic E-state index is -0.181. The molecule has 0 saturated carbocycles. The molecule has 0 bridgehead atoms. The molecule has 0 unspecified atom stereocenters. The van der Waals surface area contributed by atoms with Gasteiger partial charge in [0.25, 0.3) is 5.91 Å². The zero-order chi connectivity index (χ0) is 19.2. The zero-order valence-electron chi connectivity index (χ0n) is 15.3. The Hall–Kier alpha value is -2.53. The molecule has 0 aliphatic carbocycles. The molecule has 1 N–H and O–H groups in total. The lowest BCUT2D eigenvalue weighted by Gasteiger charge is -2.31. The van der Waals surface area contributed by atoms with Gasteiger partial charge in [-0.25, -0.2) is 0 Å². The average Bonchev–Trinajstić information content (AvgIpc) is 2.68. The quantitative estimate of drug-likeness (QED) is 0.855. The molecule has 1 heterocycles. The number of nitrogens with zero attached hydrogens (tertiary/aromatic N) is 1. The second kappa shape index (κ2) is 8.91. The average molecular weight is 387 g/mol. The van der Waals surface area contributed by atoms with Gasteiger partial charge in [0, 0.05) is 26.1 Å². The number of likely N-dealkylation sites (tertiary alicyclic amines) is 1. The molecule has 1 aliphatic heterocycles. The molecule has 5 nitrogen and oxygen atoms in total. The minimum absolute atomic E-state index is 0.0765. The fraction of sp³-hybridized carbons (Fsp3) is 0.333. The molecule has 3 rings (SSSR count). The Morgan fingerprint density at radius 3 is 2.44 bits per heavy atom. The van der Waals surface area contributed by atoms with Crippen molar-refractivity contribution in [2.24, 2.45) is 0 Å². The van der Waals surface area contributed by atoms with Gasteiger partial charge in [-0.2, -0.15) is 0 Å². The topological polar surface area (TPSA) is 58.6 Å². The first-order chi connectivity index (χ1) is 13.0. The summed E-state index contributed by atoms with van der Waals surface area (Å²) in [6.45, 7) is 2.83. The summed E-state index contributed by atoms with van der Waals surface area (Å²) in [6, 6.07) is 15.5. The van der Waals surface area contributed by atoms with Crippen molar-refractivity contribution >= 4 is 23.4 Å². The van der Waals surface area contributed by atoms with Gasteiger partial charge in [-0.15, -0.1) is 0 Å². The summed E-state index contributed by atoms with van der Waals surface area (Å²) in [6.07, 6.45) is 1.52. The summed E-state index contributed by atoms with van der Waals surface area (Å²) < 4.78 is 5.58. The number of hydrogen-bond donors (Lipinski definition) is 1. The van der Waals surface area contributed by atoms with E-state index in [4.69, 9.17) is 16.3 Å². The standard InChI is InChI=1S/C21H23ClN2O3/c1-15(25)24-11-9-18(10-12-24)23-21(26)14-27-20-8-7-17(13-19(20)22)16-5-3-2-4-6-16/h2-8,13,18H,9-12,14H2,1H3,(H,23,26). The number of nitrogens with one attached hydrogen (secondary N) is 1. The number of carbonyl (C=O) groups is 2. The Labute approximate surface area is 164 Å². The van der Waals surface area contributed by atoms with Crippen LogP contribution < -0.4 is 10.1 Å². The largest absolute Gasteiger partial charge is 0.482 e. The fourth-order valence-corrected chi connectivity index (χ4v) is 3.41. The second-order valence-electron chi connectivity index (χ2n) is 6.65. The van der Waals surface area contributed by atoms with E-state index >= 15 is 0 Å². The van der Waals surface area contributed by atoms with Crippen molar-refractivity contribution in [3.8, 4) is 16.9 Å². The number of carbonyl (C=O) groups excluding carboxylic acids is 2.